The zero-order valence-corrected chi connectivity index (χ0v) is 8.18. The van der Waals surface area contributed by atoms with Crippen molar-refractivity contribution in [2.45, 2.75) is 12.6 Å². The second-order valence-electron chi connectivity index (χ2n) is 4.17. The number of carbonyl (C=O) groups excluding carboxylic acids is 1. The lowest BCUT2D eigenvalue weighted by molar-refractivity contribution is -0.171. The Balaban J connectivity index is 1.89. The third kappa shape index (κ3) is 2.09. The van der Waals surface area contributed by atoms with Crippen LogP contribution in [0, 0.1) is 11.8 Å². The summed E-state index contributed by atoms with van der Waals surface area (Å²) in [6.45, 7) is 1.30. The molecule has 86 valence electrons. The molecule has 2 fully saturated rings. The van der Waals surface area contributed by atoms with E-state index in [0.29, 0.717) is 13.1 Å². The number of likely N-dealkylation sites (tertiary alicyclic amines) is 1. The summed E-state index contributed by atoms with van der Waals surface area (Å²) in [4.78, 5) is 13.0. The average molecular weight is 222 g/mol. The molecule has 1 atom stereocenters. The predicted octanol–water partition coefficient (Wildman–Crippen LogP) is 0.617. The molecule has 2 heterocycles. The fraction of sp³-hybridized carbons (Fsp3) is 0.889. The van der Waals surface area contributed by atoms with Crippen molar-refractivity contribution in [3.8, 4) is 0 Å². The number of nitrogens with zero attached hydrogens (tertiary/aromatic N) is 1. The van der Waals surface area contributed by atoms with Gasteiger partial charge >= 0.3 is 6.18 Å². The summed E-state index contributed by atoms with van der Waals surface area (Å²) in [6.07, 6.45) is -4.11. The van der Waals surface area contributed by atoms with Crippen LogP contribution in [0.5, 0.6) is 0 Å². The van der Waals surface area contributed by atoms with Gasteiger partial charge in [0.1, 0.15) is 0 Å². The van der Waals surface area contributed by atoms with Crippen molar-refractivity contribution in [2.24, 2.45) is 11.8 Å². The van der Waals surface area contributed by atoms with Crippen molar-refractivity contribution in [3.05, 3.63) is 0 Å². The van der Waals surface area contributed by atoms with Crippen LogP contribution < -0.4 is 5.32 Å². The van der Waals surface area contributed by atoms with E-state index in [2.05, 4.69) is 5.32 Å². The minimum absolute atomic E-state index is 0.0510. The number of hydrogen-bond donors (Lipinski definition) is 1. The molecule has 0 unspecified atom stereocenters. The summed E-state index contributed by atoms with van der Waals surface area (Å²) in [5.41, 5.74) is 0. The maximum Gasteiger partial charge on any atom is 0.393 e. The number of halogens is 3. The molecule has 0 radical (unpaired) electrons. The Labute approximate surface area is 85.6 Å². The molecule has 3 nitrogen and oxygen atoms in total. The fourth-order valence-corrected chi connectivity index (χ4v) is 1.95. The largest absolute Gasteiger partial charge is 0.393 e. The molecule has 0 aromatic rings. The van der Waals surface area contributed by atoms with E-state index in [1.165, 1.54) is 4.90 Å². The summed E-state index contributed by atoms with van der Waals surface area (Å²) in [6, 6.07) is 0. The molecule has 2 aliphatic heterocycles. The van der Waals surface area contributed by atoms with Gasteiger partial charge in [-0.2, -0.15) is 13.2 Å². The first-order valence-electron chi connectivity index (χ1n) is 5.04. The van der Waals surface area contributed by atoms with Crippen LogP contribution in [0.4, 0.5) is 13.2 Å². The fourth-order valence-electron chi connectivity index (χ4n) is 1.95. The average Bonchev–Trinajstić information content (AvgIpc) is 2.46. The Morgan fingerprint density at radius 2 is 2.00 bits per heavy atom. The quantitative estimate of drug-likeness (QED) is 0.705. The monoisotopic (exact) mass is 222 g/mol. The predicted molar refractivity (Wildman–Crippen MR) is 47.1 cm³/mol. The topological polar surface area (TPSA) is 32.3 Å². The molecule has 0 aromatic heterocycles. The molecule has 2 saturated heterocycles. The SMILES string of the molecule is O=C(C1CNC1)N1CC[C@@H](C(F)(F)F)C1. The molecule has 6 heteroatoms. The summed E-state index contributed by atoms with van der Waals surface area (Å²) < 4.78 is 37.0. The van der Waals surface area contributed by atoms with Gasteiger partial charge in [-0.15, -0.1) is 0 Å². The summed E-state index contributed by atoms with van der Waals surface area (Å²) in [5.74, 6) is -1.55. The first-order valence-corrected chi connectivity index (χ1v) is 5.04. The van der Waals surface area contributed by atoms with Gasteiger partial charge in [0.15, 0.2) is 0 Å². The van der Waals surface area contributed by atoms with Gasteiger partial charge in [-0.05, 0) is 6.42 Å². The van der Waals surface area contributed by atoms with Crippen molar-refractivity contribution in [1.29, 1.82) is 0 Å². The third-order valence-electron chi connectivity index (χ3n) is 3.09. The number of carbonyl (C=O) groups is 1. The van der Waals surface area contributed by atoms with Gasteiger partial charge in [0.05, 0.1) is 11.8 Å². The zero-order valence-electron chi connectivity index (χ0n) is 8.18. The molecule has 15 heavy (non-hydrogen) atoms. The van der Waals surface area contributed by atoms with Crippen molar-refractivity contribution < 1.29 is 18.0 Å². The van der Waals surface area contributed by atoms with Crippen LogP contribution in [0.3, 0.4) is 0 Å². The van der Waals surface area contributed by atoms with Gasteiger partial charge in [0.2, 0.25) is 5.91 Å². The molecular formula is C9H13F3N2O. The molecule has 0 aromatic carbocycles. The summed E-state index contributed by atoms with van der Waals surface area (Å²) in [5, 5.41) is 2.94. The van der Waals surface area contributed by atoms with Crippen LogP contribution in [-0.2, 0) is 4.79 Å². The molecule has 1 N–H and O–H groups in total. The molecule has 0 saturated carbocycles. The van der Waals surface area contributed by atoms with E-state index in [4.69, 9.17) is 0 Å². The van der Waals surface area contributed by atoms with E-state index in [1.807, 2.05) is 0 Å². The van der Waals surface area contributed by atoms with Crippen LogP contribution in [0.2, 0.25) is 0 Å². The molecule has 0 bridgehead atoms. The second kappa shape index (κ2) is 3.66. The molecule has 0 aliphatic carbocycles. The first-order chi connectivity index (χ1) is 6.98. The highest BCUT2D eigenvalue weighted by molar-refractivity contribution is 5.80. The van der Waals surface area contributed by atoms with E-state index < -0.39 is 12.1 Å². The Morgan fingerprint density at radius 3 is 2.40 bits per heavy atom. The number of amides is 1. The minimum Gasteiger partial charge on any atom is -0.342 e. The van der Waals surface area contributed by atoms with Gasteiger partial charge in [-0.3, -0.25) is 4.79 Å². The van der Waals surface area contributed by atoms with E-state index in [1.54, 1.807) is 0 Å². The number of alkyl halides is 3. The van der Waals surface area contributed by atoms with Crippen molar-refractivity contribution in [2.75, 3.05) is 26.2 Å². The highest BCUT2D eigenvalue weighted by Crippen LogP contribution is 2.34. The van der Waals surface area contributed by atoms with E-state index in [0.717, 1.165) is 0 Å². The smallest absolute Gasteiger partial charge is 0.342 e. The summed E-state index contributed by atoms with van der Waals surface area (Å²) in [7, 11) is 0. The van der Waals surface area contributed by atoms with Crippen molar-refractivity contribution >= 4 is 5.91 Å². The van der Waals surface area contributed by atoms with Crippen LogP contribution in [0.25, 0.3) is 0 Å². The standard InChI is InChI=1S/C9H13F3N2O/c10-9(11,12)7-1-2-14(5-7)8(15)6-3-13-4-6/h6-7,13H,1-5H2/t7-/m1/s1. The van der Waals surface area contributed by atoms with Crippen molar-refractivity contribution in [1.82, 2.24) is 10.2 Å². The van der Waals surface area contributed by atoms with E-state index in [9.17, 15) is 18.0 Å². The maximum atomic E-state index is 12.3. The van der Waals surface area contributed by atoms with Gasteiger partial charge in [-0.1, -0.05) is 0 Å². The van der Waals surface area contributed by atoms with Gasteiger partial charge in [0, 0.05) is 26.2 Å². The van der Waals surface area contributed by atoms with E-state index in [-0.39, 0.29) is 31.3 Å². The Kier molecular flexibility index (Phi) is 2.62. The zero-order chi connectivity index (χ0) is 11.1. The van der Waals surface area contributed by atoms with Crippen LogP contribution in [-0.4, -0.2) is 43.2 Å². The van der Waals surface area contributed by atoms with Crippen LogP contribution in [0.1, 0.15) is 6.42 Å². The molecule has 0 spiro atoms. The second-order valence-corrected chi connectivity index (χ2v) is 4.17. The molecular weight excluding hydrogens is 209 g/mol. The lowest BCUT2D eigenvalue weighted by Gasteiger charge is -2.30. The minimum atomic E-state index is -4.16. The maximum absolute atomic E-state index is 12.3. The van der Waals surface area contributed by atoms with E-state index >= 15 is 0 Å². The first kappa shape index (κ1) is 10.7. The van der Waals surface area contributed by atoms with Crippen LogP contribution in [0.15, 0.2) is 0 Å². The highest BCUT2D eigenvalue weighted by atomic mass is 19.4. The van der Waals surface area contributed by atoms with Gasteiger partial charge in [0.25, 0.3) is 0 Å². The Morgan fingerprint density at radius 1 is 1.33 bits per heavy atom. The summed E-state index contributed by atoms with van der Waals surface area (Å²) >= 11 is 0. The van der Waals surface area contributed by atoms with Crippen LogP contribution >= 0.6 is 0 Å². The number of rotatable bonds is 1. The molecule has 1 amide bonds. The lowest BCUT2D eigenvalue weighted by Crippen LogP contribution is -2.51. The number of hydrogen-bond acceptors (Lipinski definition) is 2. The van der Waals surface area contributed by atoms with Gasteiger partial charge in [-0.25, -0.2) is 0 Å². The number of nitrogens with one attached hydrogen (secondary N) is 1. The third-order valence-corrected chi connectivity index (χ3v) is 3.09. The molecule has 2 aliphatic rings. The Bertz CT molecular complexity index is 263. The highest BCUT2D eigenvalue weighted by Gasteiger charge is 2.45. The van der Waals surface area contributed by atoms with Crippen molar-refractivity contribution in [3.63, 3.8) is 0 Å². The molecule has 2 rings (SSSR count). The van der Waals surface area contributed by atoms with Gasteiger partial charge < -0.3 is 10.2 Å². The normalized spacial score (nSPS) is 27.9. The lowest BCUT2D eigenvalue weighted by atomic mass is 10.0. The Hall–Kier alpha value is -0.780.